The number of carbonyl (C=O) groups excluding carboxylic acids is 2. The highest BCUT2D eigenvalue weighted by molar-refractivity contribution is 6.47. The number of carbonyl (C=O) groups is 2. The summed E-state index contributed by atoms with van der Waals surface area (Å²) >= 11 is 0. The lowest BCUT2D eigenvalue weighted by atomic mass is 9.43. The fourth-order valence-corrected chi connectivity index (χ4v) is 7.81. The number of hydrogen-bond donors (Lipinski definition) is 1. The van der Waals surface area contributed by atoms with Crippen molar-refractivity contribution in [3.63, 3.8) is 0 Å². The van der Waals surface area contributed by atoms with E-state index >= 15 is 0 Å². The minimum absolute atomic E-state index is 0.00148. The van der Waals surface area contributed by atoms with E-state index in [0.29, 0.717) is 36.8 Å². The smallest absolute Gasteiger partial charge is 0.447 e. The summed E-state index contributed by atoms with van der Waals surface area (Å²) in [5, 5.41) is 12.9. The van der Waals surface area contributed by atoms with Crippen LogP contribution in [-0.4, -0.2) is 60.9 Å². The summed E-state index contributed by atoms with van der Waals surface area (Å²) in [6.45, 7) is 19.4. The molecule has 1 aromatic rings. The molecule has 2 saturated heterocycles. The van der Waals surface area contributed by atoms with Crippen LogP contribution in [0.2, 0.25) is 0 Å². The molecule has 5 aliphatic rings. The lowest BCUT2D eigenvalue weighted by Gasteiger charge is -2.64. The molecule has 3 aliphatic carbocycles. The molecule has 0 aromatic heterocycles. The van der Waals surface area contributed by atoms with Crippen molar-refractivity contribution in [1.29, 1.82) is 5.26 Å². The largest absolute Gasteiger partial charge is 0.482 e. The van der Waals surface area contributed by atoms with E-state index < -0.39 is 25.1 Å². The van der Waals surface area contributed by atoms with Crippen molar-refractivity contribution in [2.75, 3.05) is 13.2 Å². The Morgan fingerprint density at radius 3 is 2.56 bits per heavy atom. The lowest BCUT2D eigenvalue weighted by molar-refractivity contribution is -0.199. The molecule has 0 radical (unpaired) electrons. The van der Waals surface area contributed by atoms with E-state index in [9.17, 15) is 14.9 Å². The Morgan fingerprint density at radius 2 is 1.93 bits per heavy atom. The monoisotopic (exact) mass is 589 g/mol. The van der Waals surface area contributed by atoms with Gasteiger partial charge in [-0.15, -0.1) is 0 Å². The van der Waals surface area contributed by atoms with Gasteiger partial charge in [0.25, 0.3) is 0 Å². The quantitative estimate of drug-likeness (QED) is 0.312. The summed E-state index contributed by atoms with van der Waals surface area (Å²) in [5.41, 5.74) is 2.29. The Hall–Kier alpha value is -2.83. The average molecular weight is 590 g/mol. The van der Waals surface area contributed by atoms with Crippen molar-refractivity contribution in [1.82, 2.24) is 10.2 Å². The molecule has 1 unspecified atom stereocenters. The molecule has 1 N–H and O–H groups in total. The van der Waals surface area contributed by atoms with Gasteiger partial charge in [0, 0.05) is 6.54 Å². The van der Waals surface area contributed by atoms with Crippen molar-refractivity contribution in [2.24, 2.45) is 28.6 Å². The second-order valence-corrected chi connectivity index (χ2v) is 15.0. The van der Waals surface area contributed by atoms with Crippen molar-refractivity contribution >= 4 is 19.1 Å². The van der Waals surface area contributed by atoms with Gasteiger partial charge in [-0.1, -0.05) is 71.0 Å². The first kappa shape index (κ1) is 31.6. The van der Waals surface area contributed by atoms with Gasteiger partial charge in [-0.25, -0.2) is 4.79 Å². The average Bonchev–Trinajstić information content (AvgIpc) is 3.56. The van der Waals surface area contributed by atoms with E-state index in [1.165, 1.54) is 5.56 Å². The van der Waals surface area contributed by atoms with Crippen molar-refractivity contribution in [3.05, 3.63) is 47.5 Å². The van der Waals surface area contributed by atoms with Crippen LogP contribution < -0.4 is 5.32 Å². The maximum atomic E-state index is 13.4. The van der Waals surface area contributed by atoms with Crippen LogP contribution in [0.3, 0.4) is 0 Å². The van der Waals surface area contributed by atoms with Crippen LogP contribution in [0, 0.1) is 46.8 Å². The molecule has 6 rings (SSSR count). The van der Waals surface area contributed by atoms with E-state index in [2.05, 4.69) is 63.0 Å². The summed E-state index contributed by atoms with van der Waals surface area (Å²) in [6, 6.07) is 10.1. The summed E-state index contributed by atoms with van der Waals surface area (Å²) in [7, 11) is -0.594. The van der Waals surface area contributed by atoms with Crippen LogP contribution in [-0.2, 0) is 25.3 Å². The van der Waals surface area contributed by atoms with Gasteiger partial charge >= 0.3 is 13.2 Å². The molecule has 2 bridgehead atoms. The minimum atomic E-state index is -0.925. The predicted octanol–water partition coefficient (Wildman–Crippen LogP) is 5.63. The third-order valence-corrected chi connectivity index (χ3v) is 10.9. The van der Waals surface area contributed by atoms with E-state index in [1.54, 1.807) is 4.90 Å². The van der Waals surface area contributed by atoms with Crippen molar-refractivity contribution in [2.45, 2.75) is 104 Å². The Kier molecular flexibility index (Phi) is 8.52. The van der Waals surface area contributed by atoms with Crippen molar-refractivity contribution < 1.29 is 23.6 Å². The number of ether oxygens (including phenoxy) is 1. The van der Waals surface area contributed by atoms with E-state index in [1.807, 2.05) is 27.7 Å². The van der Waals surface area contributed by atoms with Crippen LogP contribution in [0.4, 0.5) is 4.79 Å². The molecule has 2 heterocycles. The summed E-state index contributed by atoms with van der Waals surface area (Å²) in [6.07, 6.45) is 3.59. The topological polar surface area (TPSA) is 101 Å². The molecule has 9 heteroatoms. The van der Waals surface area contributed by atoms with Crippen molar-refractivity contribution in [3.8, 4) is 6.07 Å². The molecule has 7 atom stereocenters. The van der Waals surface area contributed by atoms with Crippen LogP contribution in [0.5, 0.6) is 0 Å². The number of nitrogens with zero attached hydrogens (tertiary/aromatic N) is 2. The highest BCUT2D eigenvalue weighted by Crippen LogP contribution is 2.65. The Labute approximate surface area is 257 Å². The second-order valence-electron chi connectivity index (χ2n) is 15.0. The molecule has 2 amide bonds. The highest BCUT2D eigenvalue weighted by Gasteiger charge is 2.68. The highest BCUT2D eigenvalue weighted by atomic mass is 16.7. The van der Waals surface area contributed by atoms with Crippen LogP contribution in [0.1, 0.15) is 78.4 Å². The number of alkyl carbamates (subject to hydrolysis) is 1. The maximum absolute atomic E-state index is 13.4. The molecule has 1 aromatic carbocycles. The molecule has 43 heavy (non-hydrogen) atoms. The molecule has 0 spiro atoms. The second kappa shape index (κ2) is 11.6. The molecule has 2 aliphatic heterocycles. The summed E-state index contributed by atoms with van der Waals surface area (Å²) in [5.74, 6) is -0.595. The van der Waals surface area contributed by atoms with Gasteiger partial charge in [0.05, 0.1) is 29.8 Å². The molecule has 232 valence electrons. The zero-order chi connectivity index (χ0) is 31.3. The van der Waals surface area contributed by atoms with Gasteiger partial charge in [0.15, 0.2) is 0 Å². The number of aryl methyl sites for hydroxylation is 1. The lowest BCUT2D eigenvalue weighted by Crippen LogP contribution is -2.65. The first-order valence-corrected chi connectivity index (χ1v) is 15.9. The minimum Gasteiger partial charge on any atom is -0.447 e. The van der Waals surface area contributed by atoms with E-state index in [4.69, 9.17) is 14.0 Å². The number of amides is 2. The Bertz CT molecular complexity index is 1280. The molecular formula is C34H48BN3O5. The SMILES string of the molecule is C=C(C(C#N)C(=O)N1CCC[C@@H]1COC(=O)N[C@@H](Cc1ccc(C)cc1)B1O[C@@H]2C[C@@H]3C[C@@H](C3(C)C)[C@]2(C)O1)C(C)(C)C. The molecule has 5 fully saturated rings. The van der Waals surface area contributed by atoms with Gasteiger partial charge in [-0.2, -0.15) is 5.26 Å². The number of rotatable bonds is 8. The number of hydrogen-bond acceptors (Lipinski definition) is 6. The summed E-state index contributed by atoms with van der Waals surface area (Å²) < 4.78 is 19.0. The first-order valence-electron chi connectivity index (χ1n) is 15.9. The third kappa shape index (κ3) is 5.98. The van der Waals surface area contributed by atoms with Gasteiger partial charge < -0.3 is 24.3 Å². The fraction of sp³-hybridized carbons (Fsp3) is 0.676. The van der Waals surface area contributed by atoms with Crippen LogP contribution >= 0.6 is 0 Å². The van der Waals surface area contributed by atoms with Gasteiger partial charge in [-0.05, 0) is 79.8 Å². The zero-order valence-corrected chi connectivity index (χ0v) is 26.9. The van der Waals surface area contributed by atoms with E-state index in [-0.39, 0.29) is 41.1 Å². The first-order chi connectivity index (χ1) is 20.1. The zero-order valence-electron chi connectivity index (χ0n) is 26.9. The van der Waals surface area contributed by atoms with Crippen LogP contribution in [0.15, 0.2) is 36.4 Å². The third-order valence-electron chi connectivity index (χ3n) is 10.9. The number of nitrogens with one attached hydrogen (secondary N) is 1. The van der Waals surface area contributed by atoms with Gasteiger partial charge in [0.2, 0.25) is 5.91 Å². The fourth-order valence-electron chi connectivity index (χ4n) is 7.81. The molecule has 8 nitrogen and oxygen atoms in total. The Morgan fingerprint density at radius 1 is 1.23 bits per heavy atom. The Balaban J connectivity index is 1.25. The normalized spacial score (nSPS) is 30.5. The maximum Gasteiger partial charge on any atom is 0.482 e. The molecular weight excluding hydrogens is 541 g/mol. The predicted molar refractivity (Wildman–Crippen MR) is 166 cm³/mol. The van der Waals surface area contributed by atoms with Crippen LogP contribution in [0.25, 0.3) is 0 Å². The number of benzene rings is 1. The van der Waals surface area contributed by atoms with E-state index in [0.717, 1.165) is 24.8 Å². The van der Waals surface area contributed by atoms with Gasteiger partial charge in [-0.3, -0.25) is 4.79 Å². The number of likely N-dealkylation sites (tertiary alicyclic amines) is 1. The standard InChI is InChI=1S/C34H48BN3O5/c1-21-11-13-23(14-12-21)16-29(35-42-28-18-24-17-27(33(24,6)7)34(28,8)43-35)37-31(40)41-20-25-10-9-15-38(25)30(39)26(19-36)22(2)32(3,4)5/h11-14,24-29H,2,9-10,15-18,20H2,1,3-8H3,(H,37,40)/t24-,25+,26?,27-,28+,29-,34-/m0/s1. The number of nitriles is 1. The van der Waals surface area contributed by atoms with Gasteiger partial charge in [0.1, 0.15) is 12.5 Å². The molecule has 3 saturated carbocycles. The summed E-state index contributed by atoms with van der Waals surface area (Å²) in [4.78, 5) is 28.3.